The summed E-state index contributed by atoms with van der Waals surface area (Å²) in [4.78, 5) is 23.4. The van der Waals surface area contributed by atoms with Gasteiger partial charge in [-0.15, -0.1) is 0 Å². The maximum Gasteiger partial charge on any atom is 0.472 e. The summed E-state index contributed by atoms with van der Waals surface area (Å²) in [5, 5.41) is 74.2. The number of aliphatic hydroxyl groups excluding tert-OH is 7. The third kappa shape index (κ3) is 26.2. The molecule has 8 unspecified atom stereocenters. The Morgan fingerprint density at radius 2 is 1.02 bits per heavy atom. The van der Waals surface area contributed by atoms with Crippen LogP contribution >= 0.6 is 7.82 Å². The quantitative estimate of drug-likeness (QED) is 0.0172. The molecule has 1 amide bonds. The van der Waals surface area contributed by atoms with Gasteiger partial charge in [0.05, 0.1) is 31.3 Å². The Morgan fingerprint density at radius 3 is 1.52 bits per heavy atom. The lowest BCUT2D eigenvalue weighted by atomic mass is 9.85. The summed E-state index contributed by atoms with van der Waals surface area (Å²) in [5.41, 5.74) is 0. The predicted octanol–water partition coefficient (Wildman–Crippen LogP) is 7.20. The van der Waals surface area contributed by atoms with Crippen molar-refractivity contribution in [2.24, 2.45) is 0 Å². The van der Waals surface area contributed by atoms with Gasteiger partial charge in [0, 0.05) is 0 Å². The normalized spacial score (nSPS) is 24.0. The van der Waals surface area contributed by atoms with Crippen molar-refractivity contribution >= 4 is 13.7 Å². The molecular weight excluding hydrogens is 765 g/mol. The summed E-state index contributed by atoms with van der Waals surface area (Å²) in [6, 6.07) is -1.25. The number of hydrogen-bond donors (Lipinski definition) is 9. The molecule has 0 aromatic heterocycles. The van der Waals surface area contributed by atoms with Crippen molar-refractivity contribution in [3.8, 4) is 0 Å². The zero-order valence-corrected chi connectivity index (χ0v) is 36.9. The number of nitrogens with one attached hydrogen (secondary N) is 1. The van der Waals surface area contributed by atoms with Crippen LogP contribution in [0.4, 0.5) is 0 Å². The first-order chi connectivity index (χ1) is 27.8. The number of carbonyl (C=O) groups is 1. The number of unbranched alkanes of at least 4 members (excludes halogenated alkanes) is 22. The average Bonchev–Trinajstić information content (AvgIpc) is 3.19. The third-order valence-corrected chi connectivity index (χ3v) is 12.0. The highest BCUT2D eigenvalue weighted by atomic mass is 31.2. The smallest absolute Gasteiger partial charge is 0.393 e. The van der Waals surface area contributed by atoms with Gasteiger partial charge >= 0.3 is 7.82 Å². The second-order valence-electron chi connectivity index (χ2n) is 16.4. The van der Waals surface area contributed by atoms with E-state index >= 15 is 0 Å². The van der Waals surface area contributed by atoms with E-state index < -0.39 is 75.2 Å². The highest BCUT2D eigenvalue weighted by Crippen LogP contribution is 2.47. The molecular formula is C44H84NO12P. The van der Waals surface area contributed by atoms with E-state index in [1.807, 2.05) is 0 Å². The van der Waals surface area contributed by atoms with Crippen LogP contribution < -0.4 is 5.32 Å². The van der Waals surface area contributed by atoms with Crippen LogP contribution in [0.25, 0.3) is 0 Å². The van der Waals surface area contributed by atoms with Crippen molar-refractivity contribution in [1.82, 2.24) is 5.32 Å². The number of carbonyl (C=O) groups excluding carboxylic acids is 1. The van der Waals surface area contributed by atoms with E-state index in [0.29, 0.717) is 12.8 Å². The minimum Gasteiger partial charge on any atom is -0.393 e. The average molecular weight is 850 g/mol. The summed E-state index contributed by atoms with van der Waals surface area (Å²) >= 11 is 0. The molecule has 13 nitrogen and oxygen atoms in total. The highest BCUT2D eigenvalue weighted by Gasteiger charge is 2.51. The maximum atomic E-state index is 13.0. The van der Waals surface area contributed by atoms with Crippen molar-refractivity contribution in [1.29, 1.82) is 0 Å². The summed E-state index contributed by atoms with van der Waals surface area (Å²) in [5.74, 6) is -0.603. The zero-order valence-electron chi connectivity index (χ0n) is 36.0. The van der Waals surface area contributed by atoms with E-state index in [9.17, 15) is 50.0 Å². The fraction of sp³-hybridized carbons (Fsp3) is 0.886. The van der Waals surface area contributed by atoms with E-state index in [0.717, 1.165) is 44.9 Å². The molecule has 1 rings (SSSR count). The number of rotatable bonds is 37. The third-order valence-electron chi connectivity index (χ3n) is 11.0. The number of phosphoric acid groups is 1. The molecule has 0 radical (unpaired) electrons. The second kappa shape index (κ2) is 34.4. The van der Waals surface area contributed by atoms with Crippen LogP contribution in [0.15, 0.2) is 24.3 Å². The van der Waals surface area contributed by atoms with E-state index in [1.54, 1.807) is 6.08 Å². The number of phosphoric ester groups is 1. The van der Waals surface area contributed by atoms with Gasteiger partial charge in [-0.1, -0.05) is 173 Å². The van der Waals surface area contributed by atoms with E-state index in [-0.39, 0.29) is 6.42 Å². The maximum absolute atomic E-state index is 13.0. The summed E-state index contributed by atoms with van der Waals surface area (Å²) in [6.45, 7) is 3.68. The van der Waals surface area contributed by atoms with E-state index in [4.69, 9.17) is 9.05 Å². The molecule has 0 saturated heterocycles. The zero-order chi connectivity index (χ0) is 43.0. The van der Waals surface area contributed by atoms with Gasteiger partial charge in [0.1, 0.15) is 36.6 Å². The second-order valence-corrected chi connectivity index (χ2v) is 17.8. The van der Waals surface area contributed by atoms with Gasteiger partial charge in [0.25, 0.3) is 0 Å². The van der Waals surface area contributed by atoms with E-state index in [1.165, 1.54) is 115 Å². The molecule has 9 N–H and O–H groups in total. The number of hydrogen-bond acceptors (Lipinski definition) is 11. The largest absolute Gasteiger partial charge is 0.472 e. The lowest BCUT2D eigenvalue weighted by molar-refractivity contribution is -0.220. The van der Waals surface area contributed by atoms with Crippen molar-refractivity contribution in [2.75, 3.05) is 6.61 Å². The van der Waals surface area contributed by atoms with Crippen molar-refractivity contribution < 1.29 is 59.0 Å². The molecule has 0 aliphatic heterocycles. The van der Waals surface area contributed by atoms with Gasteiger partial charge < -0.3 is 46.0 Å². The van der Waals surface area contributed by atoms with Gasteiger partial charge in [-0.25, -0.2) is 4.57 Å². The topological polar surface area (TPSA) is 226 Å². The molecule has 14 heteroatoms. The summed E-state index contributed by atoms with van der Waals surface area (Å²) < 4.78 is 22.8. The molecule has 8 atom stereocenters. The van der Waals surface area contributed by atoms with Gasteiger partial charge in [0.15, 0.2) is 0 Å². The van der Waals surface area contributed by atoms with Crippen LogP contribution in [0.3, 0.4) is 0 Å². The molecule has 1 saturated carbocycles. The molecule has 0 aromatic carbocycles. The van der Waals surface area contributed by atoms with Crippen LogP contribution in [-0.2, 0) is 18.4 Å². The Balaban J connectivity index is 2.49. The summed E-state index contributed by atoms with van der Waals surface area (Å²) in [6.07, 6.45) is 22.9. The van der Waals surface area contributed by atoms with Gasteiger partial charge in [-0.2, -0.15) is 0 Å². The Bertz CT molecular complexity index is 1100. The minimum absolute atomic E-state index is 0.249. The number of allylic oxidation sites excluding steroid dienone is 3. The molecule has 1 aliphatic rings. The fourth-order valence-corrected chi connectivity index (χ4v) is 8.22. The molecule has 0 spiro atoms. The molecule has 0 bridgehead atoms. The first-order valence-electron chi connectivity index (χ1n) is 22.9. The van der Waals surface area contributed by atoms with E-state index in [2.05, 4.69) is 31.3 Å². The first-order valence-corrected chi connectivity index (χ1v) is 24.4. The predicted molar refractivity (Wildman–Crippen MR) is 229 cm³/mol. The Labute approximate surface area is 350 Å². The van der Waals surface area contributed by atoms with Crippen LogP contribution in [0.5, 0.6) is 0 Å². The molecule has 342 valence electrons. The Hall–Kier alpha value is -1.22. The number of amides is 1. The fourth-order valence-electron chi connectivity index (χ4n) is 7.26. The lowest BCUT2D eigenvalue weighted by Gasteiger charge is -2.41. The lowest BCUT2D eigenvalue weighted by Crippen LogP contribution is -2.64. The molecule has 58 heavy (non-hydrogen) atoms. The van der Waals surface area contributed by atoms with Crippen molar-refractivity contribution in [3.05, 3.63) is 24.3 Å². The van der Waals surface area contributed by atoms with Crippen molar-refractivity contribution in [3.63, 3.8) is 0 Å². The summed E-state index contributed by atoms with van der Waals surface area (Å²) in [7, 11) is -5.14. The Morgan fingerprint density at radius 1 is 0.603 bits per heavy atom. The van der Waals surface area contributed by atoms with Gasteiger partial charge in [-0.05, 0) is 32.1 Å². The SMILES string of the molecule is CCCCCC/C=C/CC/C=C/C(O)C(COP(=O)(O)OC1C(O)C(O)C(O)C(O)C1O)NC(=O)CC(O)CCCCCCCCCCCCCCCCCCCC. The van der Waals surface area contributed by atoms with Crippen molar-refractivity contribution in [2.45, 2.75) is 242 Å². The highest BCUT2D eigenvalue weighted by molar-refractivity contribution is 7.47. The van der Waals surface area contributed by atoms with Crippen LogP contribution in [0, 0.1) is 0 Å². The van der Waals surface area contributed by atoms with Gasteiger partial charge in [-0.3, -0.25) is 13.8 Å². The molecule has 0 heterocycles. The number of aliphatic hydroxyl groups is 7. The molecule has 0 aromatic rings. The van der Waals surface area contributed by atoms with Crippen LogP contribution in [0.1, 0.15) is 187 Å². The molecule has 1 aliphatic carbocycles. The minimum atomic E-state index is -5.14. The van der Waals surface area contributed by atoms with Crippen LogP contribution in [0.2, 0.25) is 0 Å². The molecule has 1 fully saturated rings. The standard InChI is InChI=1S/C44H84NO12P/c1-3-5-7-9-11-13-15-16-17-18-19-20-21-22-23-25-27-29-31-35(46)33-38(48)45-36(37(47)32-30-28-26-24-14-12-10-8-6-4-2)34-56-58(54,55)57-44-42(52)40(50)39(49)41(51)43(44)53/h14,24,30,32,35-37,39-44,46-47,49-53H,3-13,15-23,25-29,31,33-34H2,1-2H3,(H,45,48)(H,54,55)/b24-14+,32-30+. The Kier molecular flexibility index (Phi) is 32.5. The first kappa shape index (κ1) is 54.8. The monoisotopic (exact) mass is 850 g/mol. The van der Waals surface area contributed by atoms with Gasteiger partial charge in [0.2, 0.25) is 5.91 Å². The van der Waals surface area contributed by atoms with Crippen LogP contribution in [-0.4, -0.2) is 108 Å².